The Kier molecular flexibility index (Phi) is 15.0. The first-order valence-corrected chi connectivity index (χ1v) is 21.0. The van der Waals surface area contributed by atoms with Crippen LogP contribution in [-0.4, -0.2) is 47.0 Å². The molecule has 60 heavy (non-hydrogen) atoms. The van der Waals surface area contributed by atoms with Gasteiger partial charge in [-0.15, -0.1) is 0 Å². The summed E-state index contributed by atoms with van der Waals surface area (Å²) in [4.78, 5) is 40.2. The number of nitrogens with zero attached hydrogens (tertiary/aromatic N) is 1. The molecular formula is C51H66N2O7. The van der Waals surface area contributed by atoms with Gasteiger partial charge in [0.2, 0.25) is 0 Å². The number of oxime groups is 1. The highest BCUT2D eigenvalue weighted by Gasteiger charge is 2.39. The third-order valence-electron chi connectivity index (χ3n) is 12.0. The number of aromatic carboxylic acids is 1. The minimum absolute atomic E-state index is 0.0318. The van der Waals surface area contributed by atoms with E-state index in [4.69, 9.17) is 25.5 Å². The average molecular weight is 819 g/mol. The zero-order valence-electron chi connectivity index (χ0n) is 37.8. The van der Waals surface area contributed by atoms with Crippen LogP contribution in [0, 0.1) is 6.92 Å². The summed E-state index contributed by atoms with van der Waals surface area (Å²) in [6.07, 6.45) is 13.0. The van der Waals surface area contributed by atoms with Crippen molar-refractivity contribution in [1.29, 1.82) is 0 Å². The molecule has 0 amide bonds. The van der Waals surface area contributed by atoms with Gasteiger partial charge in [-0.05, 0) is 138 Å². The number of hydrogen-bond donors (Lipinski definition) is 3. The maximum Gasteiger partial charge on any atom is 0.335 e. The van der Waals surface area contributed by atoms with Gasteiger partial charge in [-0.2, -0.15) is 0 Å². The summed E-state index contributed by atoms with van der Waals surface area (Å²) in [7, 11) is 0. The fraction of sp³-hybridized carbons (Fsp3) is 0.451. The Hall–Kier alpha value is -5.28. The van der Waals surface area contributed by atoms with Gasteiger partial charge in [0.25, 0.3) is 0 Å². The number of fused-ring (bicyclic) bond motifs is 2. The molecule has 1 unspecified atom stereocenters. The molecule has 322 valence electrons. The van der Waals surface area contributed by atoms with E-state index in [-0.39, 0.29) is 33.0 Å². The Labute approximate surface area is 357 Å². The smallest absolute Gasteiger partial charge is 0.335 e. The molecule has 2 aliphatic carbocycles. The first-order valence-electron chi connectivity index (χ1n) is 21.0. The van der Waals surface area contributed by atoms with Crippen molar-refractivity contribution in [2.45, 2.75) is 143 Å². The van der Waals surface area contributed by atoms with E-state index in [9.17, 15) is 14.4 Å². The zero-order valence-corrected chi connectivity index (χ0v) is 37.8. The second-order valence-electron chi connectivity index (χ2n) is 19.0. The maximum atomic E-state index is 13.1. The van der Waals surface area contributed by atoms with E-state index in [2.05, 4.69) is 91.7 Å². The summed E-state index contributed by atoms with van der Waals surface area (Å²) in [5, 5.41) is 22.1. The van der Waals surface area contributed by atoms with Gasteiger partial charge >= 0.3 is 11.9 Å². The molecule has 9 heteroatoms. The van der Waals surface area contributed by atoms with Gasteiger partial charge in [0.05, 0.1) is 18.4 Å². The summed E-state index contributed by atoms with van der Waals surface area (Å²) < 4.78 is 6.22. The van der Waals surface area contributed by atoms with Crippen molar-refractivity contribution in [3.63, 3.8) is 0 Å². The van der Waals surface area contributed by atoms with Crippen molar-refractivity contribution in [3.8, 4) is 5.75 Å². The van der Waals surface area contributed by atoms with Crippen molar-refractivity contribution in [1.82, 2.24) is 0 Å². The van der Waals surface area contributed by atoms with E-state index in [1.807, 2.05) is 13.0 Å². The molecule has 0 saturated heterocycles. The number of ether oxygens (including phenoxy) is 1. The monoisotopic (exact) mass is 818 g/mol. The number of nitrogens with two attached hydrogens (primary N) is 1. The van der Waals surface area contributed by atoms with Crippen LogP contribution in [0.5, 0.6) is 5.75 Å². The number of carbonyl (C=O) groups excluding carboxylic acids is 1. The van der Waals surface area contributed by atoms with E-state index < -0.39 is 18.2 Å². The SMILES string of the molecule is CCCOc1cc2c(cc1/C(C=NOC(C)N)=C/C=C/C(C)=C/C(=O)O)C(C)(C)CCC2(C)C.Cc1cc2c(cc1C(=O)c1ccc(C(=O)O)cc1)C(C)(C)CCC2(C)C. The highest BCUT2D eigenvalue weighted by atomic mass is 16.6. The van der Waals surface area contributed by atoms with Crippen LogP contribution in [0.25, 0.3) is 5.57 Å². The molecule has 9 nitrogen and oxygen atoms in total. The highest BCUT2D eigenvalue weighted by Crippen LogP contribution is 2.49. The number of aryl methyl sites for hydroxylation is 1. The molecule has 0 aliphatic heterocycles. The molecule has 4 N–H and O–H groups in total. The number of carboxylic acid groups (broad SMARTS) is 2. The van der Waals surface area contributed by atoms with Gasteiger partial charge < -0.3 is 19.8 Å². The molecule has 1 atom stereocenters. The van der Waals surface area contributed by atoms with Crippen LogP contribution in [0.3, 0.4) is 0 Å². The average Bonchev–Trinajstić information content (AvgIpc) is 3.16. The number of hydrogen-bond acceptors (Lipinski definition) is 7. The topological polar surface area (TPSA) is 149 Å². The second-order valence-corrected chi connectivity index (χ2v) is 19.0. The fourth-order valence-electron chi connectivity index (χ4n) is 7.97. The molecule has 0 radical (unpaired) electrons. The summed E-state index contributed by atoms with van der Waals surface area (Å²) in [5.74, 6) is -1.22. The van der Waals surface area contributed by atoms with E-state index >= 15 is 0 Å². The van der Waals surface area contributed by atoms with E-state index in [0.717, 1.165) is 60.6 Å². The highest BCUT2D eigenvalue weighted by molar-refractivity contribution is 6.11. The number of allylic oxidation sites excluding steroid dienone is 5. The van der Waals surface area contributed by atoms with E-state index in [1.165, 1.54) is 34.4 Å². The first-order chi connectivity index (χ1) is 27.9. The van der Waals surface area contributed by atoms with Gasteiger partial charge in [-0.25, -0.2) is 9.59 Å². The predicted octanol–water partition coefficient (Wildman–Crippen LogP) is 11.4. The normalized spacial score (nSPS) is 18.1. The van der Waals surface area contributed by atoms with Crippen LogP contribution in [0.4, 0.5) is 0 Å². The van der Waals surface area contributed by atoms with Crippen LogP contribution in [0.2, 0.25) is 0 Å². The Morgan fingerprint density at radius 3 is 1.75 bits per heavy atom. The molecule has 0 saturated carbocycles. The fourth-order valence-corrected chi connectivity index (χ4v) is 7.97. The summed E-state index contributed by atoms with van der Waals surface area (Å²) in [5.41, 5.74) is 15.9. The van der Waals surface area contributed by atoms with Crippen LogP contribution in [-0.2, 0) is 31.3 Å². The van der Waals surface area contributed by atoms with E-state index in [1.54, 1.807) is 44.3 Å². The summed E-state index contributed by atoms with van der Waals surface area (Å²) >= 11 is 0. The van der Waals surface area contributed by atoms with Crippen molar-refractivity contribution in [2.75, 3.05) is 6.61 Å². The number of aliphatic carboxylic acids is 1. The minimum atomic E-state index is -0.988. The zero-order chi connectivity index (χ0) is 44.8. The number of carboxylic acids is 2. The van der Waals surface area contributed by atoms with Gasteiger partial charge in [-0.3, -0.25) is 10.5 Å². The van der Waals surface area contributed by atoms with Crippen LogP contribution in [0.15, 0.2) is 83.6 Å². The molecule has 2 aliphatic rings. The lowest BCUT2D eigenvalue weighted by molar-refractivity contribution is -0.131. The van der Waals surface area contributed by atoms with Crippen LogP contribution in [0.1, 0.15) is 168 Å². The molecule has 0 bridgehead atoms. The van der Waals surface area contributed by atoms with Gasteiger partial charge in [0.15, 0.2) is 12.0 Å². The lowest BCUT2D eigenvalue weighted by atomic mass is 9.62. The maximum absolute atomic E-state index is 13.1. The van der Waals surface area contributed by atoms with Crippen molar-refractivity contribution in [3.05, 3.63) is 128 Å². The summed E-state index contributed by atoms with van der Waals surface area (Å²) in [6.45, 7) is 26.3. The third kappa shape index (κ3) is 11.5. The Bertz CT molecular complexity index is 2200. The molecule has 0 aromatic heterocycles. The van der Waals surface area contributed by atoms with Gasteiger partial charge in [-0.1, -0.05) is 104 Å². The molecule has 0 heterocycles. The largest absolute Gasteiger partial charge is 0.493 e. The molecule has 5 rings (SSSR count). The first kappa shape index (κ1) is 47.4. The van der Waals surface area contributed by atoms with Crippen molar-refractivity contribution < 1.29 is 34.2 Å². The lowest BCUT2D eigenvalue weighted by Crippen LogP contribution is -2.34. The molecule has 3 aromatic carbocycles. The number of ketones is 1. The Morgan fingerprint density at radius 1 is 0.783 bits per heavy atom. The van der Waals surface area contributed by atoms with Crippen molar-refractivity contribution in [2.24, 2.45) is 10.9 Å². The number of carbonyl (C=O) groups is 3. The standard InChI is InChI=1S/C28H40N2O4.C23H26O3/c1-8-14-33-25-17-24-23(27(4,5)12-13-28(24,6)7)16-22(25)21(18-30-34-20(3)29)11-9-10-19(2)15-26(31)32;1-14-12-18-19(23(4,5)11-10-22(18,2)3)13-17(14)20(24)15-6-8-16(9-7-15)21(25)26/h9-11,15-18,20H,8,12-14,29H2,1-7H3,(H,31,32);6-9,12-13H,10-11H2,1-5H3,(H,25,26)/b10-9+,19-15+,21-11+,30-18?;. The third-order valence-corrected chi connectivity index (χ3v) is 12.0. The molecular weight excluding hydrogens is 753 g/mol. The Morgan fingerprint density at radius 2 is 1.27 bits per heavy atom. The van der Waals surface area contributed by atoms with Gasteiger partial charge in [0.1, 0.15) is 5.75 Å². The Balaban J connectivity index is 0.000000273. The van der Waals surface area contributed by atoms with Crippen LogP contribution >= 0.6 is 0 Å². The molecule has 0 fully saturated rings. The number of rotatable bonds is 13. The molecule has 0 spiro atoms. The predicted molar refractivity (Wildman–Crippen MR) is 243 cm³/mol. The minimum Gasteiger partial charge on any atom is -0.493 e. The lowest BCUT2D eigenvalue weighted by Gasteiger charge is -2.42. The van der Waals surface area contributed by atoms with Gasteiger partial charge in [0, 0.05) is 28.3 Å². The van der Waals surface area contributed by atoms with Crippen molar-refractivity contribution >= 4 is 29.5 Å². The van der Waals surface area contributed by atoms with Crippen LogP contribution < -0.4 is 10.5 Å². The van der Waals surface area contributed by atoms with E-state index in [0.29, 0.717) is 23.3 Å². The quantitative estimate of drug-likeness (QED) is 0.0385. The second kappa shape index (κ2) is 19.0. The molecule has 3 aromatic rings. The number of benzene rings is 3. The summed E-state index contributed by atoms with van der Waals surface area (Å²) in [6, 6.07) is 14.8.